The molecule has 0 aliphatic carbocycles. The van der Waals surface area contributed by atoms with E-state index in [1.165, 1.54) is 18.2 Å². The van der Waals surface area contributed by atoms with Crippen LogP contribution in [0.1, 0.15) is 31.1 Å². The Morgan fingerprint density at radius 2 is 1.71 bits per heavy atom. The zero-order chi connectivity index (χ0) is 17.3. The van der Waals surface area contributed by atoms with E-state index in [0.717, 1.165) is 4.90 Å². The van der Waals surface area contributed by atoms with Crippen LogP contribution in [0.15, 0.2) is 42.5 Å². The highest BCUT2D eigenvalue weighted by atomic mass is 35.5. The number of ether oxygens (including phenoxy) is 1. The molecule has 1 aliphatic rings. The van der Waals surface area contributed by atoms with Gasteiger partial charge in [0.25, 0.3) is 11.8 Å². The number of carbonyl (C=O) groups is 3. The van der Waals surface area contributed by atoms with E-state index in [1.807, 2.05) is 0 Å². The predicted octanol–water partition coefficient (Wildman–Crippen LogP) is 2.71. The van der Waals surface area contributed by atoms with E-state index in [4.69, 9.17) is 21.4 Å². The van der Waals surface area contributed by atoms with Crippen molar-refractivity contribution in [1.82, 2.24) is 4.90 Å². The maximum absolute atomic E-state index is 12.2. The zero-order valence-corrected chi connectivity index (χ0v) is 13.1. The minimum Gasteiger partial charge on any atom is -0.491 e. The second-order valence-corrected chi connectivity index (χ2v) is 5.54. The molecule has 0 atom stereocenters. The summed E-state index contributed by atoms with van der Waals surface area (Å²) in [5.74, 6) is -1.81. The second kappa shape index (κ2) is 6.33. The predicted molar refractivity (Wildman–Crippen MR) is 85.7 cm³/mol. The van der Waals surface area contributed by atoms with Crippen LogP contribution in [0.3, 0.4) is 0 Å². The summed E-state index contributed by atoms with van der Waals surface area (Å²) in [6.07, 6.45) is 0. The number of rotatable bonds is 5. The number of hydrogen-bond acceptors (Lipinski definition) is 4. The van der Waals surface area contributed by atoms with Gasteiger partial charge in [-0.3, -0.25) is 14.5 Å². The van der Waals surface area contributed by atoms with Crippen LogP contribution in [0.4, 0.5) is 0 Å². The van der Waals surface area contributed by atoms with Crippen LogP contribution >= 0.6 is 11.6 Å². The molecule has 2 amide bonds. The third-order valence-electron chi connectivity index (χ3n) is 3.62. The highest BCUT2D eigenvalue weighted by Crippen LogP contribution is 2.24. The minimum absolute atomic E-state index is 0.0205. The summed E-state index contributed by atoms with van der Waals surface area (Å²) < 4.78 is 5.43. The third-order valence-corrected chi connectivity index (χ3v) is 3.86. The topological polar surface area (TPSA) is 83.9 Å². The SMILES string of the molecule is O=C(O)c1cc(Cl)ccc1OCCN1C(=O)c2ccccc2C1=O. The molecule has 0 saturated heterocycles. The molecular weight excluding hydrogens is 334 g/mol. The van der Waals surface area contributed by atoms with Gasteiger partial charge in [-0.05, 0) is 30.3 Å². The lowest BCUT2D eigenvalue weighted by molar-refractivity contribution is 0.0621. The molecule has 2 aromatic carbocycles. The molecule has 6 nitrogen and oxygen atoms in total. The van der Waals surface area contributed by atoms with Crippen molar-refractivity contribution in [3.63, 3.8) is 0 Å². The molecule has 24 heavy (non-hydrogen) atoms. The van der Waals surface area contributed by atoms with Gasteiger partial charge in [-0.2, -0.15) is 0 Å². The van der Waals surface area contributed by atoms with Gasteiger partial charge in [-0.1, -0.05) is 23.7 Å². The number of halogens is 1. The van der Waals surface area contributed by atoms with Gasteiger partial charge in [0.05, 0.1) is 17.7 Å². The van der Waals surface area contributed by atoms with Crippen LogP contribution in [0.25, 0.3) is 0 Å². The molecule has 7 heteroatoms. The number of carboxylic acid groups (broad SMARTS) is 1. The average Bonchev–Trinajstić information content (AvgIpc) is 2.81. The summed E-state index contributed by atoms with van der Waals surface area (Å²) in [5.41, 5.74) is 0.644. The van der Waals surface area contributed by atoms with Gasteiger partial charge in [0.2, 0.25) is 0 Å². The fourth-order valence-corrected chi connectivity index (χ4v) is 2.66. The number of amides is 2. The van der Waals surface area contributed by atoms with Crippen molar-refractivity contribution in [1.29, 1.82) is 0 Å². The van der Waals surface area contributed by atoms with E-state index in [0.29, 0.717) is 11.1 Å². The molecule has 0 radical (unpaired) electrons. The maximum atomic E-state index is 12.2. The summed E-state index contributed by atoms with van der Waals surface area (Å²) in [5, 5.41) is 9.42. The van der Waals surface area contributed by atoms with Crippen molar-refractivity contribution in [3.8, 4) is 5.75 Å². The molecule has 0 bridgehead atoms. The summed E-state index contributed by atoms with van der Waals surface area (Å²) in [6, 6.07) is 10.8. The normalized spacial score (nSPS) is 13.1. The Kier molecular flexibility index (Phi) is 4.22. The third kappa shape index (κ3) is 2.83. The second-order valence-electron chi connectivity index (χ2n) is 5.10. The Labute approximate surface area is 142 Å². The summed E-state index contributed by atoms with van der Waals surface area (Å²) >= 11 is 5.77. The lowest BCUT2D eigenvalue weighted by Gasteiger charge is -2.15. The first kappa shape index (κ1) is 16.0. The molecule has 1 N–H and O–H groups in total. The van der Waals surface area contributed by atoms with E-state index >= 15 is 0 Å². The number of carbonyl (C=O) groups excluding carboxylic acids is 2. The van der Waals surface area contributed by atoms with Crippen molar-refractivity contribution in [2.75, 3.05) is 13.2 Å². The Bertz CT molecular complexity index is 814. The lowest BCUT2D eigenvalue weighted by atomic mass is 10.1. The Morgan fingerprint density at radius 3 is 2.29 bits per heavy atom. The Balaban J connectivity index is 1.69. The van der Waals surface area contributed by atoms with Gasteiger partial charge >= 0.3 is 5.97 Å². The molecule has 0 unspecified atom stereocenters. The zero-order valence-electron chi connectivity index (χ0n) is 12.4. The van der Waals surface area contributed by atoms with Gasteiger partial charge in [-0.15, -0.1) is 0 Å². The van der Waals surface area contributed by atoms with Crippen LogP contribution in [0, 0.1) is 0 Å². The van der Waals surface area contributed by atoms with E-state index in [-0.39, 0.29) is 41.3 Å². The number of nitrogens with zero attached hydrogens (tertiary/aromatic N) is 1. The first-order valence-electron chi connectivity index (χ1n) is 7.10. The number of benzene rings is 2. The number of carboxylic acids is 1. The largest absolute Gasteiger partial charge is 0.491 e. The van der Waals surface area contributed by atoms with Crippen LogP contribution in [0.2, 0.25) is 5.02 Å². The van der Waals surface area contributed by atoms with E-state index in [9.17, 15) is 14.4 Å². The van der Waals surface area contributed by atoms with Gasteiger partial charge in [-0.25, -0.2) is 4.79 Å². The van der Waals surface area contributed by atoms with Crippen molar-refractivity contribution < 1.29 is 24.2 Å². The number of imide groups is 1. The van der Waals surface area contributed by atoms with Gasteiger partial charge in [0, 0.05) is 5.02 Å². The molecule has 3 rings (SSSR count). The molecule has 0 aromatic heterocycles. The quantitative estimate of drug-likeness (QED) is 0.842. The van der Waals surface area contributed by atoms with Crippen LogP contribution in [0.5, 0.6) is 5.75 Å². The molecule has 0 fully saturated rings. The summed E-state index contributed by atoms with van der Waals surface area (Å²) in [4.78, 5) is 36.7. The van der Waals surface area contributed by atoms with Gasteiger partial charge in [0.15, 0.2) is 0 Å². The monoisotopic (exact) mass is 345 g/mol. The highest BCUT2D eigenvalue weighted by Gasteiger charge is 2.34. The van der Waals surface area contributed by atoms with E-state index in [1.54, 1.807) is 24.3 Å². The van der Waals surface area contributed by atoms with Gasteiger partial charge in [0.1, 0.15) is 17.9 Å². The Hall–Kier alpha value is -2.86. The fourth-order valence-electron chi connectivity index (χ4n) is 2.48. The number of aromatic carboxylic acids is 1. The molecule has 2 aromatic rings. The van der Waals surface area contributed by atoms with Crippen molar-refractivity contribution in [2.24, 2.45) is 0 Å². The molecule has 1 heterocycles. The average molecular weight is 346 g/mol. The molecule has 0 saturated carbocycles. The Morgan fingerprint density at radius 1 is 1.08 bits per heavy atom. The van der Waals surface area contributed by atoms with E-state index < -0.39 is 5.97 Å². The highest BCUT2D eigenvalue weighted by molar-refractivity contribution is 6.31. The van der Waals surface area contributed by atoms with Gasteiger partial charge < -0.3 is 9.84 Å². The fraction of sp³-hybridized carbons (Fsp3) is 0.118. The number of hydrogen-bond donors (Lipinski definition) is 1. The molecular formula is C17H12ClNO5. The summed E-state index contributed by atoms with van der Waals surface area (Å²) in [7, 11) is 0. The minimum atomic E-state index is -1.17. The van der Waals surface area contributed by atoms with Crippen LogP contribution in [-0.4, -0.2) is 40.9 Å². The lowest BCUT2D eigenvalue weighted by Crippen LogP contribution is -2.33. The smallest absolute Gasteiger partial charge is 0.339 e. The first-order chi connectivity index (χ1) is 11.5. The van der Waals surface area contributed by atoms with Crippen molar-refractivity contribution >= 4 is 29.4 Å². The standard InChI is InChI=1S/C17H12ClNO5/c18-10-5-6-14(13(9-10)17(22)23)24-8-7-19-15(20)11-3-1-2-4-12(11)16(19)21/h1-6,9H,7-8H2,(H,22,23). The first-order valence-corrected chi connectivity index (χ1v) is 7.47. The maximum Gasteiger partial charge on any atom is 0.339 e. The van der Waals surface area contributed by atoms with Crippen LogP contribution < -0.4 is 4.74 Å². The molecule has 0 spiro atoms. The molecule has 1 aliphatic heterocycles. The van der Waals surface area contributed by atoms with Crippen LogP contribution in [-0.2, 0) is 0 Å². The molecule has 122 valence electrons. The van der Waals surface area contributed by atoms with E-state index in [2.05, 4.69) is 0 Å². The van der Waals surface area contributed by atoms with Crippen molar-refractivity contribution in [3.05, 3.63) is 64.2 Å². The number of fused-ring (bicyclic) bond motifs is 1. The summed E-state index contributed by atoms with van der Waals surface area (Å²) in [6.45, 7) is 0.00140. The van der Waals surface area contributed by atoms with Crippen molar-refractivity contribution in [2.45, 2.75) is 0 Å².